The predicted molar refractivity (Wildman–Crippen MR) is 142 cm³/mol. The monoisotopic (exact) mass is 511 g/mol. The molecule has 5 rings (SSSR count). The zero-order valence-electron chi connectivity index (χ0n) is 21.3. The zero-order chi connectivity index (χ0) is 27.0. The number of amides is 1. The van der Waals surface area contributed by atoms with E-state index in [-0.39, 0.29) is 23.7 Å². The summed E-state index contributed by atoms with van der Waals surface area (Å²) < 4.78 is 13.1. The third-order valence-electron chi connectivity index (χ3n) is 6.27. The topological polar surface area (TPSA) is 125 Å². The van der Waals surface area contributed by atoms with E-state index in [1.54, 1.807) is 24.6 Å². The Bertz CT molecular complexity index is 1690. The Hall–Kier alpha value is -4.99. The maximum absolute atomic E-state index is 13.0. The van der Waals surface area contributed by atoms with Crippen molar-refractivity contribution in [3.8, 4) is 22.8 Å². The first-order valence-electron chi connectivity index (χ1n) is 11.9. The third-order valence-corrected chi connectivity index (χ3v) is 6.27. The lowest BCUT2D eigenvalue weighted by Gasteiger charge is -2.13. The summed E-state index contributed by atoms with van der Waals surface area (Å²) in [7, 11) is 0. The summed E-state index contributed by atoms with van der Waals surface area (Å²) in [5, 5.41) is 19.6. The van der Waals surface area contributed by atoms with E-state index in [2.05, 4.69) is 15.4 Å². The number of carbonyl (C=O) groups is 1. The number of pyridine rings is 1. The van der Waals surface area contributed by atoms with Gasteiger partial charge in [-0.05, 0) is 68.7 Å². The van der Waals surface area contributed by atoms with Crippen LogP contribution in [-0.2, 0) is 11.3 Å². The number of ether oxygens (including phenoxy) is 1. The highest BCUT2D eigenvalue weighted by Gasteiger charge is 2.19. The van der Waals surface area contributed by atoms with Gasteiger partial charge in [0.05, 0.1) is 34.0 Å². The molecule has 0 atom stereocenters. The minimum atomic E-state index is -0.526. The highest BCUT2D eigenvalue weighted by Crippen LogP contribution is 2.33. The average molecular weight is 512 g/mol. The Balaban J connectivity index is 1.42. The van der Waals surface area contributed by atoms with E-state index in [4.69, 9.17) is 9.15 Å². The fourth-order valence-corrected chi connectivity index (χ4v) is 4.42. The van der Waals surface area contributed by atoms with Crippen LogP contribution in [0.1, 0.15) is 22.4 Å². The number of nitrogens with zero attached hydrogens (tertiary/aromatic N) is 4. The van der Waals surface area contributed by atoms with Gasteiger partial charge in [0, 0.05) is 23.9 Å². The van der Waals surface area contributed by atoms with Crippen molar-refractivity contribution in [1.82, 2.24) is 14.8 Å². The van der Waals surface area contributed by atoms with E-state index in [1.807, 2.05) is 52.0 Å². The molecule has 0 fully saturated rings. The highest BCUT2D eigenvalue weighted by atomic mass is 16.6. The van der Waals surface area contributed by atoms with Crippen molar-refractivity contribution < 1.29 is 18.9 Å². The first-order chi connectivity index (χ1) is 18.2. The predicted octanol–water partition coefficient (Wildman–Crippen LogP) is 6.26. The lowest BCUT2D eigenvalue weighted by atomic mass is 10.1. The Labute approximate surface area is 218 Å². The average Bonchev–Trinajstić information content (AvgIpc) is 3.51. The molecule has 0 unspecified atom stereocenters. The van der Waals surface area contributed by atoms with Gasteiger partial charge in [0.1, 0.15) is 23.8 Å². The summed E-state index contributed by atoms with van der Waals surface area (Å²) in [6.45, 7) is 7.54. The Morgan fingerprint density at radius 1 is 1.13 bits per heavy atom. The number of fused-ring (bicyclic) bond motifs is 1. The highest BCUT2D eigenvalue weighted by molar-refractivity contribution is 5.95. The number of hydrogen-bond acceptors (Lipinski definition) is 7. The number of hydrogen-bond donors (Lipinski definition) is 1. The molecule has 2 aromatic carbocycles. The molecule has 3 aromatic heterocycles. The van der Waals surface area contributed by atoms with Crippen LogP contribution in [-0.4, -0.2) is 25.6 Å². The number of aromatic nitrogens is 3. The summed E-state index contributed by atoms with van der Waals surface area (Å²) in [4.78, 5) is 28.5. The SMILES string of the molecule is Cc1cc(C)c(C)c(Oc2cc(NC(=O)Cn3nc(C)c4c(-c5ccco5)ccnc43)cc([N+](=O)[O-])c2)c1. The second-order valence-electron chi connectivity index (χ2n) is 9.11. The van der Waals surface area contributed by atoms with Gasteiger partial charge in [0.25, 0.3) is 5.69 Å². The second kappa shape index (κ2) is 9.81. The molecule has 0 radical (unpaired) electrons. The molecule has 5 aromatic rings. The number of nitro groups is 1. The maximum Gasteiger partial charge on any atom is 0.275 e. The number of anilines is 1. The summed E-state index contributed by atoms with van der Waals surface area (Å²) in [6, 6.07) is 13.6. The number of nitro benzene ring substituents is 1. The first-order valence-corrected chi connectivity index (χ1v) is 11.9. The molecule has 10 heteroatoms. The van der Waals surface area contributed by atoms with Crippen LogP contribution in [0.3, 0.4) is 0 Å². The smallest absolute Gasteiger partial charge is 0.275 e. The molecule has 10 nitrogen and oxygen atoms in total. The normalized spacial score (nSPS) is 11.1. The molecule has 0 saturated heterocycles. The number of non-ortho nitro benzene ring substituents is 1. The van der Waals surface area contributed by atoms with Crippen molar-refractivity contribution in [2.75, 3.05) is 5.32 Å². The first kappa shape index (κ1) is 24.7. The molecule has 0 bridgehead atoms. The molecule has 0 aliphatic carbocycles. The van der Waals surface area contributed by atoms with Gasteiger partial charge in [-0.1, -0.05) is 6.07 Å². The van der Waals surface area contributed by atoms with E-state index >= 15 is 0 Å². The van der Waals surface area contributed by atoms with Gasteiger partial charge in [-0.2, -0.15) is 5.10 Å². The van der Waals surface area contributed by atoms with Crippen molar-refractivity contribution in [3.63, 3.8) is 0 Å². The molecule has 0 aliphatic heterocycles. The third kappa shape index (κ3) is 4.83. The van der Waals surface area contributed by atoms with Crippen molar-refractivity contribution in [2.24, 2.45) is 0 Å². The van der Waals surface area contributed by atoms with E-state index < -0.39 is 10.8 Å². The minimum absolute atomic E-state index is 0.145. The Morgan fingerprint density at radius 2 is 1.95 bits per heavy atom. The second-order valence-corrected chi connectivity index (χ2v) is 9.11. The Morgan fingerprint density at radius 3 is 2.68 bits per heavy atom. The van der Waals surface area contributed by atoms with Gasteiger partial charge in [-0.25, -0.2) is 9.67 Å². The van der Waals surface area contributed by atoms with Crippen LogP contribution < -0.4 is 10.1 Å². The summed E-state index contributed by atoms with van der Waals surface area (Å²) in [6.07, 6.45) is 3.22. The molecular weight excluding hydrogens is 486 g/mol. The van der Waals surface area contributed by atoms with Crippen LogP contribution in [0.5, 0.6) is 11.5 Å². The standard InChI is InChI=1S/C28H25N5O5/c1-16-10-17(2)18(3)25(11-16)38-22-13-20(12-21(14-22)33(35)36)30-26(34)15-32-28-27(19(4)31-32)23(7-8-29-28)24-6-5-9-37-24/h5-14H,15H2,1-4H3,(H,30,34). The zero-order valence-corrected chi connectivity index (χ0v) is 21.3. The summed E-state index contributed by atoms with van der Waals surface area (Å²) in [5.74, 6) is 1.09. The van der Waals surface area contributed by atoms with Crippen LogP contribution in [0.15, 0.2) is 65.4 Å². The van der Waals surface area contributed by atoms with Crippen LogP contribution in [0.25, 0.3) is 22.4 Å². The number of benzene rings is 2. The molecule has 1 N–H and O–H groups in total. The number of aryl methyl sites for hydroxylation is 3. The van der Waals surface area contributed by atoms with Crippen molar-refractivity contribution in [3.05, 3.63) is 93.5 Å². The van der Waals surface area contributed by atoms with E-state index in [1.165, 1.54) is 16.8 Å². The number of rotatable bonds is 7. The Kier molecular flexibility index (Phi) is 6.38. The van der Waals surface area contributed by atoms with E-state index in [0.717, 1.165) is 27.6 Å². The number of nitrogens with one attached hydrogen (secondary N) is 1. The van der Waals surface area contributed by atoms with Crippen LogP contribution in [0, 0.1) is 37.8 Å². The molecule has 0 aliphatic rings. The van der Waals surface area contributed by atoms with Crippen molar-refractivity contribution in [2.45, 2.75) is 34.2 Å². The molecule has 0 spiro atoms. The fourth-order valence-electron chi connectivity index (χ4n) is 4.42. The van der Waals surface area contributed by atoms with E-state index in [9.17, 15) is 14.9 Å². The lowest BCUT2D eigenvalue weighted by Crippen LogP contribution is -2.20. The van der Waals surface area contributed by atoms with Gasteiger partial charge in [0.2, 0.25) is 5.91 Å². The van der Waals surface area contributed by atoms with Gasteiger partial charge < -0.3 is 14.5 Å². The quantitative estimate of drug-likeness (QED) is 0.202. The molecule has 1 amide bonds. The van der Waals surface area contributed by atoms with Gasteiger partial charge >= 0.3 is 0 Å². The molecule has 3 heterocycles. The lowest BCUT2D eigenvalue weighted by molar-refractivity contribution is -0.384. The van der Waals surface area contributed by atoms with Gasteiger partial charge in [0.15, 0.2) is 5.65 Å². The maximum atomic E-state index is 13.0. The molecule has 38 heavy (non-hydrogen) atoms. The van der Waals surface area contributed by atoms with Crippen LogP contribution >= 0.6 is 0 Å². The molecule has 192 valence electrons. The summed E-state index contributed by atoms with van der Waals surface area (Å²) in [5.41, 5.74) is 5.06. The van der Waals surface area contributed by atoms with Gasteiger partial charge in [-0.3, -0.25) is 14.9 Å². The van der Waals surface area contributed by atoms with Crippen LogP contribution in [0.4, 0.5) is 11.4 Å². The fraction of sp³-hybridized carbons (Fsp3) is 0.179. The number of carbonyl (C=O) groups excluding carboxylic acids is 1. The van der Waals surface area contributed by atoms with E-state index in [0.29, 0.717) is 22.9 Å². The molecular formula is C28H25N5O5. The van der Waals surface area contributed by atoms with Crippen molar-refractivity contribution >= 4 is 28.3 Å². The number of furan rings is 1. The molecule has 0 saturated carbocycles. The van der Waals surface area contributed by atoms with Crippen LogP contribution in [0.2, 0.25) is 0 Å². The largest absolute Gasteiger partial charge is 0.464 e. The minimum Gasteiger partial charge on any atom is -0.464 e. The van der Waals surface area contributed by atoms with Gasteiger partial charge in [-0.15, -0.1) is 0 Å². The summed E-state index contributed by atoms with van der Waals surface area (Å²) >= 11 is 0. The van der Waals surface area contributed by atoms with Crippen molar-refractivity contribution in [1.29, 1.82) is 0 Å².